The Kier molecular flexibility index (Phi) is 9.79. The summed E-state index contributed by atoms with van der Waals surface area (Å²) >= 11 is 0. The van der Waals surface area contributed by atoms with Crippen molar-refractivity contribution in [3.05, 3.63) is 47.4 Å². The van der Waals surface area contributed by atoms with Crippen molar-refractivity contribution in [3.63, 3.8) is 0 Å². The lowest BCUT2D eigenvalue weighted by molar-refractivity contribution is 0.107. The number of nitrogen functional groups attached to an aromatic ring is 1. The Morgan fingerprint density at radius 2 is 1.74 bits per heavy atom. The van der Waals surface area contributed by atoms with Gasteiger partial charge in [0.25, 0.3) is 0 Å². The second kappa shape index (κ2) is 15.0. The number of benzene rings is 2. The fourth-order valence-corrected chi connectivity index (χ4v) is 15.8. The molecule has 7 nitrogen and oxygen atoms in total. The predicted octanol–water partition coefficient (Wildman–Crippen LogP) is 10.1. The number of nitrogens with zero attached hydrogens (tertiary/aromatic N) is 5. The Hall–Kier alpha value is -4.02. The highest BCUT2D eigenvalue weighted by Gasteiger charge is 2.55. The molecule has 57 heavy (non-hydrogen) atoms. The van der Waals surface area contributed by atoms with Gasteiger partial charge in [-0.1, -0.05) is 60.3 Å². The van der Waals surface area contributed by atoms with Crippen LogP contribution in [0.2, 0.25) is 16.6 Å². The Bertz CT molecular complexity index is 2350. The van der Waals surface area contributed by atoms with E-state index in [1.165, 1.54) is 18.3 Å². The number of pyridine rings is 1. The van der Waals surface area contributed by atoms with Crippen molar-refractivity contribution >= 4 is 41.3 Å². The zero-order valence-electron chi connectivity index (χ0n) is 35.5. The van der Waals surface area contributed by atoms with Crippen LogP contribution in [0.3, 0.4) is 0 Å². The summed E-state index contributed by atoms with van der Waals surface area (Å²) in [7, 11) is -2.46. The van der Waals surface area contributed by atoms with E-state index in [1.54, 1.807) is 9.80 Å². The van der Waals surface area contributed by atoms with E-state index in [0.29, 0.717) is 32.4 Å². The van der Waals surface area contributed by atoms with Gasteiger partial charge in [-0.05, 0) is 72.4 Å². The third kappa shape index (κ3) is 6.72. The summed E-state index contributed by atoms with van der Waals surface area (Å²) in [5, 5.41) is 0.480. The zero-order valence-corrected chi connectivity index (χ0v) is 34.5. The standard InChI is InChI=1S/C44H53F5N6OSi/c1-24(2)57(25(3)4,26(5)6)16-12-30-35-27(18-34(46)36(30)47)17-29(50)19-32(35)39-38(49)40-33(21-51-39)42(55-15-9-7-8-11-31-37(48)41(31)55)53-43(52-40)56-23-44-13-10-14-54(44)22-28(45)20-44/h17-19,21,24-26,28,31,37,41H,7-11,13-15,20,22-23,50H2,1-6H3/t28-,31-,37+,41-,44+/m1/s1/i23D2. The molecular formula is C44H53F5N6OSi. The van der Waals surface area contributed by atoms with Crippen molar-refractivity contribution in [1.82, 2.24) is 19.9 Å². The maximum absolute atomic E-state index is 17.6. The maximum Gasteiger partial charge on any atom is 0.319 e. The highest BCUT2D eigenvalue weighted by molar-refractivity contribution is 6.90. The summed E-state index contributed by atoms with van der Waals surface area (Å²) in [5.41, 5.74) is 8.55. The molecule has 304 valence electrons. The van der Waals surface area contributed by atoms with E-state index in [-0.39, 0.29) is 85.5 Å². The van der Waals surface area contributed by atoms with Crippen molar-refractivity contribution in [3.8, 4) is 28.7 Å². The van der Waals surface area contributed by atoms with Crippen LogP contribution in [-0.4, -0.2) is 78.0 Å². The van der Waals surface area contributed by atoms with Gasteiger partial charge in [-0.25, -0.2) is 22.0 Å². The molecule has 0 bridgehead atoms. The molecule has 2 aromatic heterocycles. The van der Waals surface area contributed by atoms with Crippen LogP contribution in [0.5, 0.6) is 6.01 Å². The van der Waals surface area contributed by atoms with Gasteiger partial charge in [0.1, 0.15) is 44.0 Å². The highest BCUT2D eigenvalue weighted by Crippen LogP contribution is 2.48. The number of nitrogens with two attached hydrogens (primary N) is 1. The molecule has 13 heteroatoms. The molecule has 4 aromatic rings. The molecule has 0 unspecified atom stereocenters. The Labute approximate surface area is 335 Å². The van der Waals surface area contributed by atoms with Crippen molar-refractivity contribution in [2.75, 3.05) is 36.8 Å². The van der Waals surface area contributed by atoms with Gasteiger partial charge in [-0.2, -0.15) is 9.97 Å². The molecule has 4 aliphatic rings. The first kappa shape index (κ1) is 37.3. The third-order valence-corrected chi connectivity index (χ3v) is 19.6. The quantitative estimate of drug-likeness (QED) is 0.0822. The van der Waals surface area contributed by atoms with E-state index >= 15 is 17.6 Å². The molecular weight excluding hydrogens is 752 g/mol. The van der Waals surface area contributed by atoms with Crippen molar-refractivity contribution < 1.29 is 29.4 Å². The van der Waals surface area contributed by atoms with Crippen molar-refractivity contribution in [2.45, 2.75) is 127 Å². The number of halogens is 5. The minimum absolute atomic E-state index is 0.0595. The van der Waals surface area contributed by atoms with Gasteiger partial charge < -0.3 is 15.4 Å². The molecule has 3 aliphatic heterocycles. The van der Waals surface area contributed by atoms with Crippen LogP contribution >= 0.6 is 0 Å². The molecule has 1 aliphatic carbocycles. The second-order valence-electron chi connectivity index (χ2n) is 17.6. The number of ether oxygens (including phenoxy) is 1. The summed E-state index contributed by atoms with van der Waals surface area (Å²) in [6.07, 6.45) is 3.08. The molecule has 5 heterocycles. The molecule has 3 saturated heterocycles. The summed E-state index contributed by atoms with van der Waals surface area (Å²) in [6.45, 7) is 11.2. The van der Waals surface area contributed by atoms with Crippen LogP contribution in [0.25, 0.3) is 32.9 Å². The van der Waals surface area contributed by atoms with Gasteiger partial charge in [-0.15, -0.1) is 5.54 Å². The van der Waals surface area contributed by atoms with Gasteiger partial charge in [0, 0.05) is 48.3 Å². The number of anilines is 2. The minimum atomic E-state index is -2.48. The molecule has 1 saturated carbocycles. The van der Waals surface area contributed by atoms with Crippen LogP contribution in [0, 0.1) is 34.8 Å². The fourth-order valence-electron chi connectivity index (χ4n) is 10.6. The van der Waals surface area contributed by atoms with Crippen molar-refractivity contribution in [2.24, 2.45) is 5.92 Å². The number of fused-ring (bicyclic) bond motifs is 4. The van der Waals surface area contributed by atoms with Crippen LogP contribution in [0.1, 0.15) is 94.8 Å². The molecule has 2 aromatic carbocycles. The summed E-state index contributed by atoms with van der Waals surface area (Å²) in [6, 6.07) is 2.93. The van der Waals surface area contributed by atoms with E-state index in [0.717, 1.165) is 25.3 Å². The smallest absolute Gasteiger partial charge is 0.319 e. The lowest BCUT2D eigenvalue weighted by Gasteiger charge is -2.38. The second-order valence-corrected chi connectivity index (χ2v) is 23.2. The first-order valence-corrected chi connectivity index (χ1v) is 22.7. The first-order chi connectivity index (χ1) is 27.9. The SMILES string of the molecule is [2H]C([2H])(Oc1nc(N2CCCCC[C@@H]3[C@H](F)[C@@H]32)c2cnc(-c3cc(N)cc4cc(F)c(F)c(C#C[Si](C(C)C)(C(C)C)C(C)C)c34)c(F)c2n1)[C@@]12CCCN1C[C@H](F)C2. The van der Waals surface area contributed by atoms with Crippen LogP contribution in [-0.2, 0) is 0 Å². The summed E-state index contributed by atoms with van der Waals surface area (Å²) < 4.78 is 104. The number of alkyl halides is 2. The summed E-state index contributed by atoms with van der Waals surface area (Å²) in [4.78, 5) is 17.3. The normalized spacial score (nSPS) is 26.0. The van der Waals surface area contributed by atoms with Gasteiger partial charge in [0.15, 0.2) is 17.5 Å². The molecule has 0 amide bonds. The number of aromatic nitrogens is 3. The topological polar surface area (TPSA) is 80.4 Å². The lowest BCUT2D eigenvalue weighted by Crippen LogP contribution is -2.43. The maximum atomic E-state index is 17.6. The predicted molar refractivity (Wildman–Crippen MR) is 219 cm³/mol. The number of rotatable bonds is 8. The zero-order chi connectivity index (χ0) is 42.3. The van der Waals surface area contributed by atoms with Crippen LogP contribution in [0.4, 0.5) is 33.5 Å². The number of hydrogen-bond acceptors (Lipinski definition) is 7. The summed E-state index contributed by atoms with van der Waals surface area (Å²) in [5.74, 6) is -0.271. The van der Waals surface area contributed by atoms with E-state index in [4.69, 9.17) is 10.5 Å². The van der Waals surface area contributed by atoms with Gasteiger partial charge in [0.05, 0.1) is 25.3 Å². The third-order valence-electron chi connectivity index (χ3n) is 13.4. The molecule has 8 rings (SSSR count). The van der Waals surface area contributed by atoms with E-state index in [2.05, 4.69) is 68.0 Å². The Morgan fingerprint density at radius 3 is 2.47 bits per heavy atom. The van der Waals surface area contributed by atoms with E-state index in [9.17, 15) is 7.13 Å². The number of hydrogen-bond donors (Lipinski definition) is 1. The Balaban J connectivity index is 1.34. The molecule has 0 spiro atoms. The average molecular weight is 807 g/mol. The van der Waals surface area contributed by atoms with Crippen LogP contribution < -0.4 is 15.4 Å². The first-order valence-electron chi connectivity index (χ1n) is 21.5. The van der Waals surface area contributed by atoms with Gasteiger partial charge in [-0.3, -0.25) is 9.88 Å². The largest absolute Gasteiger partial charge is 0.461 e. The molecule has 4 fully saturated rings. The Morgan fingerprint density at radius 1 is 0.982 bits per heavy atom. The van der Waals surface area contributed by atoms with Crippen LogP contribution in [0.15, 0.2) is 24.4 Å². The van der Waals surface area contributed by atoms with Gasteiger partial charge >= 0.3 is 6.01 Å². The van der Waals surface area contributed by atoms with Crippen molar-refractivity contribution in [1.29, 1.82) is 0 Å². The molecule has 0 radical (unpaired) electrons. The lowest BCUT2D eigenvalue weighted by atomic mass is 9.95. The highest BCUT2D eigenvalue weighted by atomic mass is 28.3. The van der Waals surface area contributed by atoms with E-state index < -0.39 is 62.0 Å². The molecule has 2 N–H and O–H groups in total. The monoisotopic (exact) mass is 806 g/mol. The minimum Gasteiger partial charge on any atom is -0.461 e. The van der Waals surface area contributed by atoms with E-state index in [1.807, 2.05) is 0 Å². The van der Waals surface area contributed by atoms with Gasteiger partial charge in [0.2, 0.25) is 0 Å². The molecule has 5 atom stereocenters. The average Bonchev–Trinajstić information content (AvgIpc) is 3.40. The fraction of sp³-hybridized carbons (Fsp3) is 0.568.